The highest BCUT2D eigenvalue weighted by molar-refractivity contribution is 6.30. The molecule has 0 radical (unpaired) electrons. The summed E-state index contributed by atoms with van der Waals surface area (Å²) in [6, 6.07) is 6.97. The van der Waals surface area contributed by atoms with Crippen molar-refractivity contribution in [1.82, 2.24) is 15.5 Å². The zero-order chi connectivity index (χ0) is 14.1. The topological polar surface area (TPSA) is 53.6 Å². The number of urea groups is 1. The van der Waals surface area contributed by atoms with E-state index in [2.05, 4.69) is 10.6 Å². The molecule has 106 valence electrons. The fourth-order valence-electron chi connectivity index (χ4n) is 1.35. The SMILES string of the molecule is CN(C)CCNC(=O)NCCOc1cccc(Cl)c1. The molecule has 2 amide bonds. The highest BCUT2D eigenvalue weighted by Crippen LogP contribution is 2.16. The number of likely N-dealkylation sites (N-methyl/N-ethyl adjacent to an activating group) is 1. The summed E-state index contributed by atoms with van der Waals surface area (Å²) in [5, 5.41) is 6.10. The van der Waals surface area contributed by atoms with Gasteiger partial charge in [0.1, 0.15) is 12.4 Å². The minimum Gasteiger partial charge on any atom is -0.492 e. The smallest absolute Gasteiger partial charge is 0.314 e. The summed E-state index contributed by atoms with van der Waals surface area (Å²) in [6.45, 7) is 2.28. The molecule has 2 N–H and O–H groups in total. The van der Waals surface area contributed by atoms with Gasteiger partial charge in [-0.1, -0.05) is 17.7 Å². The van der Waals surface area contributed by atoms with Crippen molar-refractivity contribution in [3.8, 4) is 5.75 Å². The van der Waals surface area contributed by atoms with E-state index in [0.29, 0.717) is 30.5 Å². The van der Waals surface area contributed by atoms with Gasteiger partial charge in [-0.05, 0) is 32.3 Å². The highest BCUT2D eigenvalue weighted by atomic mass is 35.5. The van der Waals surface area contributed by atoms with Crippen LogP contribution in [0, 0.1) is 0 Å². The Labute approximate surface area is 118 Å². The van der Waals surface area contributed by atoms with Gasteiger partial charge < -0.3 is 20.3 Å². The summed E-state index contributed by atoms with van der Waals surface area (Å²) in [4.78, 5) is 13.4. The van der Waals surface area contributed by atoms with Crippen LogP contribution in [0.25, 0.3) is 0 Å². The molecule has 0 atom stereocenters. The minimum atomic E-state index is -0.184. The first-order valence-corrected chi connectivity index (χ1v) is 6.50. The van der Waals surface area contributed by atoms with E-state index in [1.54, 1.807) is 12.1 Å². The van der Waals surface area contributed by atoms with Crippen LogP contribution in [0.3, 0.4) is 0 Å². The molecule has 0 unspecified atom stereocenters. The van der Waals surface area contributed by atoms with Gasteiger partial charge in [0.2, 0.25) is 0 Å². The van der Waals surface area contributed by atoms with Crippen LogP contribution in [0.5, 0.6) is 5.75 Å². The van der Waals surface area contributed by atoms with Crippen molar-refractivity contribution in [2.24, 2.45) is 0 Å². The molecule has 0 saturated carbocycles. The number of hydrogen-bond acceptors (Lipinski definition) is 3. The second-order valence-corrected chi connectivity index (χ2v) is 4.73. The molecule has 0 fully saturated rings. The van der Waals surface area contributed by atoms with Crippen molar-refractivity contribution in [3.63, 3.8) is 0 Å². The van der Waals surface area contributed by atoms with Crippen molar-refractivity contribution in [2.75, 3.05) is 40.3 Å². The van der Waals surface area contributed by atoms with Gasteiger partial charge in [-0.15, -0.1) is 0 Å². The number of nitrogens with one attached hydrogen (secondary N) is 2. The monoisotopic (exact) mass is 285 g/mol. The lowest BCUT2D eigenvalue weighted by Crippen LogP contribution is -2.40. The number of nitrogens with zero attached hydrogens (tertiary/aromatic N) is 1. The van der Waals surface area contributed by atoms with Crippen molar-refractivity contribution in [1.29, 1.82) is 0 Å². The molecule has 19 heavy (non-hydrogen) atoms. The summed E-state index contributed by atoms with van der Waals surface area (Å²) in [5.74, 6) is 0.697. The number of hydrogen-bond donors (Lipinski definition) is 2. The second-order valence-electron chi connectivity index (χ2n) is 4.29. The number of ether oxygens (including phenoxy) is 1. The van der Waals surface area contributed by atoms with Gasteiger partial charge in [0.25, 0.3) is 0 Å². The van der Waals surface area contributed by atoms with E-state index in [1.807, 2.05) is 31.1 Å². The number of carbonyl (C=O) groups excluding carboxylic acids is 1. The van der Waals surface area contributed by atoms with Gasteiger partial charge in [0.05, 0.1) is 6.54 Å². The maximum absolute atomic E-state index is 11.4. The zero-order valence-electron chi connectivity index (χ0n) is 11.3. The summed E-state index contributed by atoms with van der Waals surface area (Å²) in [7, 11) is 3.91. The van der Waals surface area contributed by atoms with Gasteiger partial charge >= 0.3 is 6.03 Å². The van der Waals surface area contributed by atoms with Gasteiger partial charge in [0.15, 0.2) is 0 Å². The molecule has 0 saturated heterocycles. The molecule has 0 aromatic heterocycles. The van der Waals surface area contributed by atoms with Crippen LogP contribution in [0.1, 0.15) is 0 Å². The van der Waals surface area contributed by atoms with Crippen molar-refractivity contribution >= 4 is 17.6 Å². The predicted molar refractivity (Wildman–Crippen MR) is 76.9 cm³/mol. The molecule has 6 heteroatoms. The number of amides is 2. The molecule has 1 aromatic rings. The Kier molecular flexibility index (Phi) is 7.07. The Morgan fingerprint density at radius 2 is 2.05 bits per heavy atom. The van der Waals surface area contributed by atoms with Crippen molar-refractivity contribution in [3.05, 3.63) is 29.3 Å². The van der Waals surface area contributed by atoms with Crippen molar-refractivity contribution in [2.45, 2.75) is 0 Å². The number of carbonyl (C=O) groups is 1. The predicted octanol–water partition coefficient (Wildman–Crippen LogP) is 1.58. The number of benzene rings is 1. The fraction of sp³-hybridized carbons (Fsp3) is 0.462. The van der Waals surface area contributed by atoms with Crippen LogP contribution in [0.4, 0.5) is 4.79 Å². The molecule has 0 aliphatic rings. The first-order valence-electron chi connectivity index (χ1n) is 6.13. The van der Waals surface area contributed by atoms with E-state index in [-0.39, 0.29) is 6.03 Å². The molecule has 0 aliphatic heterocycles. The summed E-state index contributed by atoms with van der Waals surface area (Å²) in [6.07, 6.45) is 0. The normalized spacial score (nSPS) is 10.3. The summed E-state index contributed by atoms with van der Waals surface area (Å²) < 4.78 is 5.44. The van der Waals surface area contributed by atoms with E-state index in [1.165, 1.54) is 0 Å². The van der Waals surface area contributed by atoms with E-state index < -0.39 is 0 Å². The average Bonchev–Trinajstić information content (AvgIpc) is 2.34. The largest absolute Gasteiger partial charge is 0.492 e. The Bertz CT molecular complexity index is 399. The lowest BCUT2D eigenvalue weighted by molar-refractivity contribution is 0.235. The standard InChI is InChI=1S/C13H20ClN3O2/c1-17(2)8-6-15-13(18)16-7-9-19-12-5-3-4-11(14)10-12/h3-5,10H,6-9H2,1-2H3,(H2,15,16,18). The third-order valence-corrected chi connectivity index (χ3v) is 2.53. The van der Waals surface area contributed by atoms with Gasteiger partial charge in [-0.2, -0.15) is 0 Å². The molecule has 0 heterocycles. The molecular formula is C13H20ClN3O2. The van der Waals surface area contributed by atoms with Crippen LogP contribution >= 0.6 is 11.6 Å². The molecule has 0 spiro atoms. The molecular weight excluding hydrogens is 266 g/mol. The number of rotatable bonds is 7. The van der Waals surface area contributed by atoms with Gasteiger partial charge in [-0.3, -0.25) is 0 Å². The van der Waals surface area contributed by atoms with E-state index in [4.69, 9.17) is 16.3 Å². The first-order chi connectivity index (χ1) is 9.08. The second kappa shape index (κ2) is 8.61. The Morgan fingerprint density at radius 1 is 1.32 bits per heavy atom. The van der Waals surface area contributed by atoms with Crippen molar-refractivity contribution < 1.29 is 9.53 Å². The lowest BCUT2D eigenvalue weighted by atomic mass is 10.3. The van der Waals surface area contributed by atoms with Crippen LogP contribution < -0.4 is 15.4 Å². The van der Waals surface area contributed by atoms with Crippen LogP contribution in [-0.2, 0) is 0 Å². The third kappa shape index (κ3) is 7.54. The third-order valence-electron chi connectivity index (χ3n) is 2.30. The zero-order valence-corrected chi connectivity index (χ0v) is 12.0. The van der Waals surface area contributed by atoms with Gasteiger partial charge in [0, 0.05) is 18.1 Å². The molecule has 1 rings (SSSR count). The van der Waals surface area contributed by atoms with E-state index >= 15 is 0 Å². The number of halogens is 1. The first kappa shape index (κ1) is 15.6. The van der Waals surface area contributed by atoms with Crippen LogP contribution in [0.15, 0.2) is 24.3 Å². The quantitative estimate of drug-likeness (QED) is 0.748. The molecule has 0 bridgehead atoms. The van der Waals surface area contributed by atoms with Gasteiger partial charge in [-0.25, -0.2) is 4.79 Å². The molecule has 5 nitrogen and oxygen atoms in total. The maximum Gasteiger partial charge on any atom is 0.314 e. The van der Waals surface area contributed by atoms with Crippen LogP contribution in [0.2, 0.25) is 5.02 Å². The molecule has 1 aromatic carbocycles. The fourth-order valence-corrected chi connectivity index (χ4v) is 1.53. The lowest BCUT2D eigenvalue weighted by Gasteiger charge is -2.11. The average molecular weight is 286 g/mol. The van der Waals surface area contributed by atoms with E-state index in [0.717, 1.165) is 6.54 Å². The Morgan fingerprint density at radius 3 is 2.74 bits per heavy atom. The summed E-state index contributed by atoms with van der Waals surface area (Å²) >= 11 is 5.83. The Hall–Kier alpha value is -1.46. The summed E-state index contributed by atoms with van der Waals surface area (Å²) in [5.41, 5.74) is 0. The maximum atomic E-state index is 11.4. The minimum absolute atomic E-state index is 0.184. The van der Waals surface area contributed by atoms with Crippen LogP contribution in [-0.4, -0.2) is 51.3 Å². The highest BCUT2D eigenvalue weighted by Gasteiger charge is 1.99. The Balaban J connectivity index is 2.08. The van der Waals surface area contributed by atoms with E-state index in [9.17, 15) is 4.79 Å². The molecule has 0 aliphatic carbocycles.